The number of hydrogen-bond donors (Lipinski definition) is 1. The number of aromatic nitrogens is 2. The third kappa shape index (κ3) is 5.38. The van der Waals surface area contributed by atoms with Gasteiger partial charge in [0.1, 0.15) is 0 Å². The Hall–Kier alpha value is -1.80. The molecular formula is C16H21N3O3S2. The van der Waals surface area contributed by atoms with Gasteiger partial charge < -0.3 is 14.8 Å². The van der Waals surface area contributed by atoms with Gasteiger partial charge in [-0.3, -0.25) is 4.79 Å². The van der Waals surface area contributed by atoms with Gasteiger partial charge in [0.05, 0.1) is 13.7 Å². The maximum absolute atomic E-state index is 12.0. The van der Waals surface area contributed by atoms with Crippen LogP contribution >= 0.6 is 23.1 Å². The first kappa shape index (κ1) is 18.5. The van der Waals surface area contributed by atoms with E-state index in [2.05, 4.69) is 22.4 Å². The summed E-state index contributed by atoms with van der Waals surface area (Å²) in [5.41, 5.74) is 1.02. The van der Waals surface area contributed by atoms with Crippen molar-refractivity contribution in [1.82, 2.24) is 10.2 Å². The Bertz CT molecular complexity index is 676. The van der Waals surface area contributed by atoms with Gasteiger partial charge in [-0.25, -0.2) is 0 Å². The van der Waals surface area contributed by atoms with Gasteiger partial charge in [-0.1, -0.05) is 36.1 Å². The highest BCUT2D eigenvalue weighted by Gasteiger charge is 2.10. The fourth-order valence-corrected chi connectivity index (χ4v) is 3.69. The standard InChI is InChI=1S/C16H21N3O3S2/c1-4-22-12-8-6-11(10-13(12)21-3)7-9-14(20)17-15-18-19-16(24-15)23-5-2/h6,8,10H,4-5,7,9H2,1-3H3,(H,17,18,20). The molecule has 0 saturated heterocycles. The molecule has 0 spiro atoms. The van der Waals surface area contributed by atoms with Gasteiger partial charge in [0.2, 0.25) is 11.0 Å². The number of carbonyl (C=O) groups excluding carboxylic acids is 1. The molecule has 1 amide bonds. The van der Waals surface area contributed by atoms with Gasteiger partial charge in [-0.2, -0.15) is 0 Å². The Balaban J connectivity index is 1.88. The van der Waals surface area contributed by atoms with Crippen molar-refractivity contribution in [2.75, 3.05) is 24.8 Å². The van der Waals surface area contributed by atoms with Crippen LogP contribution in [0.3, 0.4) is 0 Å². The molecule has 24 heavy (non-hydrogen) atoms. The van der Waals surface area contributed by atoms with Crippen molar-refractivity contribution in [1.29, 1.82) is 0 Å². The van der Waals surface area contributed by atoms with Crippen LogP contribution in [-0.4, -0.2) is 35.6 Å². The molecule has 0 unspecified atom stereocenters. The zero-order valence-corrected chi connectivity index (χ0v) is 15.6. The van der Waals surface area contributed by atoms with Crippen LogP contribution in [0, 0.1) is 0 Å². The third-order valence-electron chi connectivity index (χ3n) is 3.09. The van der Waals surface area contributed by atoms with E-state index in [-0.39, 0.29) is 5.91 Å². The molecule has 0 radical (unpaired) electrons. The molecule has 1 N–H and O–H groups in total. The Labute approximate surface area is 150 Å². The lowest BCUT2D eigenvalue weighted by Crippen LogP contribution is -2.12. The molecule has 2 aromatic rings. The summed E-state index contributed by atoms with van der Waals surface area (Å²) in [7, 11) is 1.61. The summed E-state index contributed by atoms with van der Waals surface area (Å²) >= 11 is 3.00. The van der Waals surface area contributed by atoms with Crippen molar-refractivity contribution in [3.8, 4) is 11.5 Å². The van der Waals surface area contributed by atoms with E-state index in [0.717, 1.165) is 15.7 Å². The average molecular weight is 367 g/mol. The van der Waals surface area contributed by atoms with Gasteiger partial charge in [0.25, 0.3) is 0 Å². The lowest BCUT2D eigenvalue weighted by molar-refractivity contribution is -0.116. The van der Waals surface area contributed by atoms with Gasteiger partial charge in [0, 0.05) is 6.42 Å². The summed E-state index contributed by atoms with van der Waals surface area (Å²) in [4.78, 5) is 12.0. The molecule has 0 bridgehead atoms. The molecule has 0 fully saturated rings. The molecule has 1 aromatic heterocycles. The summed E-state index contributed by atoms with van der Waals surface area (Å²) in [6.45, 7) is 4.56. The van der Waals surface area contributed by atoms with E-state index in [4.69, 9.17) is 9.47 Å². The first-order valence-electron chi connectivity index (χ1n) is 7.72. The second kappa shape index (κ2) is 9.48. The molecule has 1 aromatic carbocycles. The Morgan fingerprint density at radius 2 is 2.12 bits per heavy atom. The van der Waals surface area contributed by atoms with Gasteiger partial charge in [-0.15, -0.1) is 10.2 Å². The Morgan fingerprint density at radius 3 is 2.83 bits per heavy atom. The molecule has 6 nitrogen and oxygen atoms in total. The molecule has 1 heterocycles. The summed E-state index contributed by atoms with van der Waals surface area (Å²) in [5.74, 6) is 2.25. The number of thioether (sulfide) groups is 1. The number of ether oxygens (including phenoxy) is 2. The van der Waals surface area contributed by atoms with Gasteiger partial charge >= 0.3 is 0 Å². The van der Waals surface area contributed by atoms with E-state index in [1.165, 1.54) is 11.3 Å². The van der Waals surface area contributed by atoms with E-state index < -0.39 is 0 Å². The number of hydrogen-bond acceptors (Lipinski definition) is 7. The second-order valence-electron chi connectivity index (χ2n) is 4.77. The molecule has 0 aliphatic heterocycles. The predicted octanol–water partition coefficient (Wildman–Crippen LogP) is 3.63. The fraction of sp³-hybridized carbons (Fsp3) is 0.438. The Morgan fingerprint density at radius 1 is 1.29 bits per heavy atom. The topological polar surface area (TPSA) is 73.3 Å². The first-order chi connectivity index (χ1) is 11.7. The second-order valence-corrected chi connectivity index (χ2v) is 7.26. The molecule has 0 aliphatic rings. The van der Waals surface area contributed by atoms with Crippen LogP contribution in [0.25, 0.3) is 0 Å². The van der Waals surface area contributed by atoms with Crippen LogP contribution < -0.4 is 14.8 Å². The van der Waals surface area contributed by atoms with Crippen molar-refractivity contribution < 1.29 is 14.3 Å². The molecule has 8 heteroatoms. The minimum atomic E-state index is -0.0768. The number of nitrogens with one attached hydrogen (secondary N) is 1. The molecule has 0 aliphatic carbocycles. The highest BCUT2D eigenvalue weighted by atomic mass is 32.2. The smallest absolute Gasteiger partial charge is 0.226 e. The predicted molar refractivity (Wildman–Crippen MR) is 97.4 cm³/mol. The number of carbonyl (C=O) groups is 1. The lowest BCUT2D eigenvalue weighted by Gasteiger charge is -2.10. The van der Waals surface area contributed by atoms with Crippen LogP contribution in [0.5, 0.6) is 11.5 Å². The van der Waals surface area contributed by atoms with Gasteiger partial charge in [0.15, 0.2) is 15.8 Å². The maximum atomic E-state index is 12.0. The van der Waals surface area contributed by atoms with Crippen molar-refractivity contribution in [2.45, 2.75) is 31.0 Å². The van der Waals surface area contributed by atoms with E-state index in [9.17, 15) is 4.79 Å². The number of benzene rings is 1. The summed E-state index contributed by atoms with van der Waals surface area (Å²) in [6.07, 6.45) is 0.983. The SMILES string of the molecule is CCOc1ccc(CCC(=O)Nc2nnc(SCC)s2)cc1OC. The van der Waals surface area contributed by atoms with Crippen molar-refractivity contribution in [3.05, 3.63) is 23.8 Å². The van der Waals surface area contributed by atoms with Crippen LogP contribution in [0.4, 0.5) is 5.13 Å². The lowest BCUT2D eigenvalue weighted by atomic mass is 10.1. The first-order valence-corrected chi connectivity index (χ1v) is 9.52. The monoisotopic (exact) mass is 367 g/mol. The number of nitrogens with zero attached hydrogens (tertiary/aromatic N) is 2. The summed E-state index contributed by atoms with van der Waals surface area (Å²) in [5, 5.41) is 11.3. The third-order valence-corrected chi connectivity index (χ3v) is 4.94. The van der Waals surface area contributed by atoms with Crippen LogP contribution in [-0.2, 0) is 11.2 Å². The number of anilines is 1. The number of methoxy groups -OCH3 is 1. The zero-order chi connectivity index (χ0) is 17.4. The quantitative estimate of drug-likeness (QED) is 0.539. The largest absolute Gasteiger partial charge is 0.493 e. The van der Waals surface area contributed by atoms with Crippen molar-refractivity contribution in [2.24, 2.45) is 0 Å². The fourth-order valence-electron chi connectivity index (χ4n) is 2.02. The van der Waals surface area contributed by atoms with Gasteiger partial charge in [-0.05, 0) is 36.8 Å². The minimum Gasteiger partial charge on any atom is -0.493 e. The van der Waals surface area contributed by atoms with E-state index >= 15 is 0 Å². The molecule has 2 rings (SSSR count). The number of rotatable bonds is 9. The average Bonchev–Trinajstić information content (AvgIpc) is 3.01. The summed E-state index contributed by atoms with van der Waals surface area (Å²) < 4.78 is 11.7. The Kier molecular flexibility index (Phi) is 7.33. The zero-order valence-electron chi connectivity index (χ0n) is 14.0. The van der Waals surface area contributed by atoms with Crippen molar-refractivity contribution >= 4 is 34.1 Å². The highest BCUT2D eigenvalue weighted by molar-refractivity contribution is 8.01. The van der Waals surface area contributed by atoms with Crippen LogP contribution in [0.2, 0.25) is 0 Å². The maximum Gasteiger partial charge on any atom is 0.226 e. The highest BCUT2D eigenvalue weighted by Crippen LogP contribution is 2.29. The normalized spacial score (nSPS) is 10.5. The molecular weight excluding hydrogens is 346 g/mol. The molecule has 130 valence electrons. The van der Waals surface area contributed by atoms with Crippen LogP contribution in [0.15, 0.2) is 22.5 Å². The molecule has 0 saturated carbocycles. The van der Waals surface area contributed by atoms with Crippen LogP contribution in [0.1, 0.15) is 25.8 Å². The molecule has 0 atom stereocenters. The van der Waals surface area contributed by atoms with E-state index in [1.54, 1.807) is 18.9 Å². The van der Waals surface area contributed by atoms with E-state index in [1.807, 2.05) is 25.1 Å². The van der Waals surface area contributed by atoms with E-state index in [0.29, 0.717) is 36.1 Å². The number of aryl methyl sites for hydroxylation is 1. The minimum absolute atomic E-state index is 0.0768. The van der Waals surface area contributed by atoms with Crippen molar-refractivity contribution in [3.63, 3.8) is 0 Å². The number of amides is 1. The summed E-state index contributed by atoms with van der Waals surface area (Å²) in [6, 6.07) is 5.72.